The minimum Gasteiger partial charge on any atom is -0.496 e. The molecule has 0 spiro atoms. The monoisotopic (exact) mass is 298 g/mol. The Bertz CT molecular complexity index is 695. The SMILES string of the molecule is COc1ccccc1[C@@H]1OC(=O)O[C@H]1C(=O)c1ccccc1. The first-order valence-corrected chi connectivity index (χ1v) is 6.80. The van der Waals surface area contributed by atoms with Gasteiger partial charge < -0.3 is 14.2 Å². The van der Waals surface area contributed by atoms with Crippen molar-refractivity contribution in [2.45, 2.75) is 12.2 Å². The number of methoxy groups -OCH3 is 1. The van der Waals surface area contributed by atoms with Crippen molar-refractivity contribution >= 4 is 11.9 Å². The molecule has 0 aromatic heterocycles. The number of Topliss-reactive ketones (excluding diaryl/α,β-unsaturated/α-hetero) is 1. The number of carbonyl (C=O) groups excluding carboxylic acids is 2. The third-order valence-electron chi connectivity index (χ3n) is 3.48. The van der Waals surface area contributed by atoms with Gasteiger partial charge in [-0.25, -0.2) is 4.79 Å². The molecule has 2 aromatic rings. The molecule has 1 fully saturated rings. The minimum absolute atomic E-state index is 0.303. The number of ketones is 1. The Morgan fingerprint density at radius 3 is 2.41 bits per heavy atom. The Balaban J connectivity index is 1.96. The van der Waals surface area contributed by atoms with E-state index in [2.05, 4.69) is 0 Å². The minimum atomic E-state index is -1.02. The summed E-state index contributed by atoms with van der Waals surface area (Å²) in [5, 5.41) is 0. The molecular formula is C17H14O5. The summed E-state index contributed by atoms with van der Waals surface area (Å²) in [5.74, 6) is 0.235. The zero-order valence-corrected chi connectivity index (χ0v) is 11.9. The summed E-state index contributed by atoms with van der Waals surface area (Å²) in [7, 11) is 1.52. The molecule has 0 bridgehead atoms. The maximum atomic E-state index is 12.6. The van der Waals surface area contributed by atoms with Gasteiger partial charge in [0.25, 0.3) is 0 Å². The fraction of sp³-hybridized carbons (Fsp3) is 0.176. The van der Waals surface area contributed by atoms with Crippen LogP contribution >= 0.6 is 0 Å². The Morgan fingerprint density at radius 2 is 1.68 bits per heavy atom. The van der Waals surface area contributed by atoms with E-state index >= 15 is 0 Å². The number of ether oxygens (including phenoxy) is 3. The molecule has 5 heteroatoms. The lowest BCUT2D eigenvalue weighted by molar-refractivity contribution is 0.0714. The van der Waals surface area contributed by atoms with Crippen molar-refractivity contribution in [3.63, 3.8) is 0 Å². The second-order valence-corrected chi connectivity index (χ2v) is 4.80. The Kier molecular flexibility index (Phi) is 3.78. The maximum Gasteiger partial charge on any atom is 0.509 e. The number of para-hydroxylation sites is 1. The van der Waals surface area contributed by atoms with Crippen LogP contribution in [0, 0.1) is 0 Å². The highest BCUT2D eigenvalue weighted by Gasteiger charge is 2.44. The van der Waals surface area contributed by atoms with Gasteiger partial charge in [-0.3, -0.25) is 4.79 Å². The maximum absolute atomic E-state index is 12.6. The molecular weight excluding hydrogens is 284 g/mol. The molecule has 1 aliphatic rings. The Morgan fingerprint density at radius 1 is 1.00 bits per heavy atom. The van der Waals surface area contributed by atoms with Crippen LogP contribution in [0.3, 0.4) is 0 Å². The van der Waals surface area contributed by atoms with Crippen LogP contribution in [0.1, 0.15) is 22.0 Å². The number of hydrogen-bond acceptors (Lipinski definition) is 5. The zero-order valence-electron chi connectivity index (χ0n) is 11.9. The topological polar surface area (TPSA) is 61.8 Å². The van der Waals surface area contributed by atoms with Crippen molar-refractivity contribution in [1.82, 2.24) is 0 Å². The second kappa shape index (κ2) is 5.89. The highest BCUT2D eigenvalue weighted by atomic mass is 16.8. The Hall–Kier alpha value is -2.82. The summed E-state index contributed by atoms with van der Waals surface area (Å²) in [4.78, 5) is 24.1. The van der Waals surface area contributed by atoms with Crippen molar-refractivity contribution in [3.05, 3.63) is 65.7 Å². The van der Waals surface area contributed by atoms with Crippen LogP contribution in [0.4, 0.5) is 4.79 Å². The normalized spacial score (nSPS) is 20.1. The predicted octanol–water partition coefficient (Wildman–Crippen LogP) is 3.15. The molecule has 1 aliphatic heterocycles. The van der Waals surface area contributed by atoms with E-state index < -0.39 is 18.4 Å². The summed E-state index contributed by atoms with van der Waals surface area (Å²) in [5.41, 5.74) is 1.07. The van der Waals surface area contributed by atoms with Crippen LogP contribution in [0.5, 0.6) is 5.75 Å². The fourth-order valence-electron chi connectivity index (χ4n) is 2.44. The smallest absolute Gasteiger partial charge is 0.496 e. The Labute approximate surface area is 127 Å². The van der Waals surface area contributed by atoms with Crippen molar-refractivity contribution in [1.29, 1.82) is 0 Å². The number of carbonyl (C=O) groups is 2. The predicted molar refractivity (Wildman–Crippen MR) is 77.9 cm³/mol. The molecule has 0 amide bonds. The average Bonchev–Trinajstić information content (AvgIpc) is 2.96. The second-order valence-electron chi connectivity index (χ2n) is 4.80. The largest absolute Gasteiger partial charge is 0.509 e. The van der Waals surface area contributed by atoms with Crippen LogP contribution in [0.2, 0.25) is 0 Å². The molecule has 5 nitrogen and oxygen atoms in total. The van der Waals surface area contributed by atoms with Crippen LogP contribution < -0.4 is 4.74 Å². The van der Waals surface area contributed by atoms with Crippen molar-refractivity contribution < 1.29 is 23.8 Å². The first kappa shape index (κ1) is 14.1. The van der Waals surface area contributed by atoms with Gasteiger partial charge >= 0.3 is 6.16 Å². The van der Waals surface area contributed by atoms with E-state index in [1.165, 1.54) is 7.11 Å². The molecule has 112 valence electrons. The van der Waals surface area contributed by atoms with Crippen LogP contribution in [-0.2, 0) is 9.47 Å². The van der Waals surface area contributed by atoms with E-state index in [9.17, 15) is 9.59 Å². The molecule has 0 aliphatic carbocycles. The number of rotatable bonds is 4. The summed E-state index contributed by atoms with van der Waals surface area (Å²) in [6.07, 6.45) is -2.70. The van der Waals surface area contributed by atoms with E-state index in [0.717, 1.165) is 0 Å². The molecule has 2 atom stereocenters. The third kappa shape index (κ3) is 2.53. The van der Waals surface area contributed by atoms with Crippen molar-refractivity contribution in [3.8, 4) is 5.75 Å². The van der Waals surface area contributed by atoms with Gasteiger partial charge in [-0.05, 0) is 6.07 Å². The van der Waals surface area contributed by atoms with Gasteiger partial charge in [0.05, 0.1) is 7.11 Å². The lowest BCUT2D eigenvalue weighted by Crippen LogP contribution is -2.26. The molecule has 0 radical (unpaired) electrons. The first-order chi connectivity index (χ1) is 10.7. The first-order valence-electron chi connectivity index (χ1n) is 6.80. The molecule has 22 heavy (non-hydrogen) atoms. The van der Waals surface area contributed by atoms with E-state index in [-0.39, 0.29) is 5.78 Å². The zero-order chi connectivity index (χ0) is 15.5. The summed E-state index contributed by atoms with van der Waals surface area (Å²) >= 11 is 0. The van der Waals surface area contributed by atoms with Crippen molar-refractivity contribution in [2.75, 3.05) is 7.11 Å². The molecule has 3 rings (SSSR count). The average molecular weight is 298 g/mol. The van der Waals surface area contributed by atoms with Gasteiger partial charge in [-0.15, -0.1) is 0 Å². The van der Waals surface area contributed by atoms with Gasteiger partial charge in [-0.1, -0.05) is 48.5 Å². The highest BCUT2D eigenvalue weighted by molar-refractivity contribution is 6.01. The lowest BCUT2D eigenvalue weighted by Gasteiger charge is -2.17. The van der Waals surface area contributed by atoms with Gasteiger partial charge in [0.1, 0.15) is 5.75 Å². The van der Waals surface area contributed by atoms with E-state index in [0.29, 0.717) is 16.9 Å². The molecule has 2 aromatic carbocycles. The molecule has 1 heterocycles. The van der Waals surface area contributed by atoms with Crippen LogP contribution in [-0.4, -0.2) is 25.2 Å². The van der Waals surface area contributed by atoms with Gasteiger partial charge in [0.2, 0.25) is 11.9 Å². The molecule has 1 saturated heterocycles. The van der Waals surface area contributed by atoms with Gasteiger partial charge in [-0.2, -0.15) is 0 Å². The molecule has 0 unspecified atom stereocenters. The molecule has 0 N–H and O–H groups in total. The van der Waals surface area contributed by atoms with Gasteiger partial charge in [0, 0.05) is 11.1 Å². The van der Waals surface area contributed by atoms with E-state index in [4.69, 9.17) is 14.2 Å². The number of cyclic esters (lactones) is 2. The van der Waals surface area contributed by atoms with E-state index in [1.807, 2.05) is 6.07 Å². The summed E-state index contributed by atoms with van der Waals surface area (Å²) in [6, 6.07) is 15.7. The van der Waals surface area contributed by atoms with Gasteiger partial charge in [0.15, 0.2) is 6.10 Å². The standard InChI is InChI=1S/C17H14O5/c1-20-13-10-6-5-9-12(13)15-16(22-17(19)21-15)14(18)11-7-3-2-4-8-11/h2-10,15-16H,1H3/t15-,16-/m0/s1. The summed E-state index contributed by atoms with van der Waals surface area (Å²) in [6.45, 7) is 0. The quantitative estimate of drug-likeness (QED) is 0.641. The number of hydrogen-bond donors (Lipinski definition) is 0. The van der Waals surface area contributed by atoms with Crippen molar-refractivity contribution in [2.24, 2.45) is 0 Å². The lowest BCUT2D eigenvalue weighted by atomic mass is 9.97. The van der Waals surface area contributed by atoms with E-state index in [1.54, 1.807) is 48.5 Å². The van der Waals surface area contributed by atoms with Crippen LogP contribution in [0.15, 0.2) is 54.6 Å². The van der Waals surface area contributed by atoms with Crippen LogP contribution in [0.25, 0.3) is 0 Å². The third-order valence-corrected chi connectivity index (χ3v) is 3.48. The summed E-state index contributed by atoms with van der Waals surface area (Å²) < 4.78 is 15.5. The number of benzene rings is 2. The molecule has 0 saturated carbocycles. The highest BCUT2D eigenvalue weighted by Crippen LogP contribution is 2.36. The fourth-order valence-corrected chi connectivity index (χ4v) is 2.44.